The Kier molecular flexibility index (Phi) is 5.68. The Hall–Kier alpha value is -2.37. The minimum absolute atomic E-state index is 0.0798. The molecule has 0 saturated carbocycles. The first kappa shape index (κ1) is 17.5. The van der Waals surface area contributed by atoms with Crippen LogP contribution in [0.15, 0.2) is 48.5 Å². The summed E-state index contributed by atoms with van der Waals surface area (Å²) in [6, 6.07) is 16.2. The van der Waals surface area contributed by atoms with Crippen molar-refractivity contribution in [2.24, 2.45) is 0 Å². The molecule has 1 amide bonds. The first-order valence-corrected chi connectivity index (χ1v) is 8.63. The van der Waals surface area contributed by atoms with Gasteiger partial charge >= 0.3 is 6.09 Å². The summed E-state index contributed by atoms with van der Waals surface area (Å²) in [5, 5.41) is 12.6. The summed E-state index contributed by atoms with van der Waals surface area (Å²) in [4.78, 5) is 13.4. The Labute approximate surface area is 148 Å². The van der Waals surface area contributed by atoms with E-state index in [9.17, 15) is 4.79 Å². The molecular formula is C20H24N2O3. The zero-order valence-corrected chi connectivity index (χ0v) is 14.4. The van der Waals surface area contributed by atoms with Crippen molar-refractivity contribution in [2.45, 2.75) is 26.0 Å². The molecule has 3 rings (SSSR count). The summed E-state index contributed by atoms with van der Waals surface area (Å²) in [5.74, 6) is 0. The standard InChI is InChI=1S/C20H24N2O3/c1-15(21-10-9-16-5-7-17(14-23)8-6-16)18-3-2-4-19(13-18)22-11-12-25-20(22)24/h2-8,13,15,21,23H,9-12,14H2,1H3. The number of anilines is 1. The number of nitrogens with one attached hydrogen (secondary N) is 1. The molecule has 1 aliphatic heterocycles. The predicted octanol–water partition coefficient (Wildman–Crippen LogP) is 3.03. The molecule has 0 bridgehead atoms. The number of carbonyl (C=O) groups is 1. The molecular weight excluding hydrogens is 316 g/mol. The van der Waals surface area contributed by atoms with Gasteiger partial charge in [-0.3, -0.25) is 4.90 Å². The van der Waals surface area contributed by atoms with Crippen molar-refractivity contribution >= 4 is 11.8 Å². The van der Waals surface area contributed by atoms with Gasteiger partial charge in [-0.25, -0.2) is 4.79 Å². The van der Waals surface area contributed by atoms with Gasteiger partial charge in [0.25, 0.3) is 0 Å². The Bertz CT molecular complexity index is 715. The van der Waals surface area contributed by atoms with Crippen molar-refractivity contribution < 1.29 is 14.6 Å². The predicted molar refractivity (Wildman–Crippen MR) is 97.6 cm³/mol. The van der Waals surface area contributed by atoms with Gasteiger partial charge in [-0.15, -0.1) is 0 Å². The Morgan fingerprint density at radius 2 is 1.96 bits per heavy atom. The summed E-state index contributed by atoms with van der Waals surface area (Å²) in [7, 11) is 0. The molecule has 132 valence electrons. The molecule has 1 heterocycles. The van der Waals surface area contributed by atoms with Crippen molar-refractivity contribution in [2.75, 3.05) is 24.6 Å². The second kappa shape index (κ2) is 8.14. The number of carbonyl (C=O) groups excluding carboxylic acids is 1. The van der Waals surface area contributed by atoms with Gasteiger partial charge in [-0.05, 0) is 48.7 Å². The van der Waals surface area contributed by atoms with Gasteiger partial charge in [0.05, 0.1) is 13.2 Å². The van der Waals surface area contributed by atoms with Crippen LogP contribution >= 0.6 is 0 Å². The summed E-state index contributed by atoms with van der Waals surface area (Å²) < 4.78 is 5.01. The van der Waals surface area contributed by atoms with Crippen LogP contribution in [0.1, 0.15) is 29.7 Å². The lowest BCUT2D eigenvalue weighted by Crippen LogP contribution is -2.24. The number of aliphatic hydroxyl groups excluding tert-OH is 1. The number of rotatable bonds is 7. The van der Waals surface area contributed by atoms with Gasteiger partial charge in [0, 0.05) is 11.7 Å². The van der Waals surface area contributed by atoms with Crippen molar-refractivity contribution in [1.82, 2.24) is 5.32 Å². The molecule has 2 aromatic rings. The smallest absolute Gasteiger partial charge is 0.414 e. The van der Waals surface area contributed by atoms with E-state index in [1.54, 1.807) is 4.90 Å². The number of benzene rings is 2. The van der Waals surface area contributed by atoms with Crippen molar-refractivity contribution in [1.29, 1.82) is 0 Å². The third-order valence-electron chi connectivity index (χ3n) is 4.51. The van der Waals surface area contributed by atoms with Crippen molar-refractivity contribution in [3.8, 4) is 0 Å². The van der Waals surface area contributed by atoms with E-state index in [-0.39, 0.29) is 18.7 Å². The fourth-order valence-corrected chi connectivity index (χ4v) is 2.95. The lowest BCUT2D eigenvalue weighted by atomic mass is 10.1. The SMILES string of the molecule is CC(NCCc1ccc(CO)cc1)c1cccc(N2CCOC2=O)c1. The van der Waals surface area contributed by atoms with E-state index in [1.807, 2.05) is 30.3 Å². The number of hydrogen-bond donors (Lipinski definition) is 2. The first-order chi connectivity index (χ1) is 12.2. The van der Waals surface area contributed by atoms with Gasteiger partial charge < -0.3 is 15.2 Å². The van der Waals surface area contributed by atoms with Crippen molar-refractivity contribution in [3.05, 3.63) is 65.2 Å². The lowest BCUT2D eigenvalue weighted by Gasteiger charge is -2.18. The van der Waals surface area contributed by atoms with Crippen LogP contribution in [-0.2, 0) is 17.8 Å². The average molecular weight is 340 g/mol. The van der Waals surface area contributed by atoms with E-state index in [0.717, 1.165) is 29.8 Å². The molecule has 0 spiro atoms. The van der Waals surface area contributed by atoms with Crippen LogP contribution in [0.2, 0.25) is 0 Å². The zero-order chi connectivity index (χ0) is 17.6. The molecule has 0 radical (unpaired) electrons. The molecule has 1 saturated heterocycles. The van der Waals surface area contributed by atoms with Gasteiger partial charge in [0.15, 0.2) is 0 Å². The van der Waals surface area contributed by atoms with E-state index >= 15 is 0 Å². The molecule has 1 aliphatic rings. The summed E-state index contributed by atoms with van der Waals surface area (Å²) in [6.07, 6.45) is 0.651. The normalized spacial score (nSPS) is 15.3. The van der Waals surface area contributed by atoms with E-state index in [4.69, 9.17) is 9.84 Å². The summed E-state index contributed by atoms with van der Waals surface area (Å²) >= 11 is 0. The number of nitrogens with zero attached hydrogens (tertiary/aromatic N) is 1. The van der Waals surface area contributed by atoms with Gasteiger partial charge in [-0.1, -0.05) is 36.4 Å². The molecule has 0 aromatic heterocycles. The second-order valence-corrected chi connectivity index (χ2v) is 6.26. The molecule has 2 aromatic carbocycles. The minimum atomic E-state index is -0.274. The second-order valence-electron chi connectivity index (χ2n) is 6.26. The van der Waals surface area contributed by atoms with E-state index in [1.165, 1.54) is 5.56 Å². The number of cyclic esters (lactones) is 1. The molecule has 0 aliphatic carbocycles. The third kappa shape index (κ3) is 4.38. The molecule has 5 heteroatoms. The van der Waals surface area contributed by atoms with Crippen LogP contribution in [-0.4, -0.2) is 30.9 Å². The average Bonchev–Trinajstić information content (AvgIpc) is 3.08. The fraction of sp³-hybridized carbons (Fsp3) is 0.350. The van der Waals surface area contributed by atoms with Crippen LogP contribution < -0.4 is 10.2 Å². The van der Waals surface area contributed by atoms with E-state index < -0.39 is 0 Å². The third-order valence-corrected chi connectivity index (χ3v) is 4.51. The highest BCUT2D eigenvalue weighted by atomic mass is 16.6. The largest absolute Gasteiger partial charge is 0.447 e. The molecule has 1 unspecified atom stereocenters. The molecule has 1 fully saturated rings. The van der Waals surface area contributed by atoms with Crippen LogP contribution in [0.5, 0.6) is 0 Å². The number of hydrogen-bond acceptors (Lipinski definition) is 4. The van der Waals surface area contributed by atoms with Crippen LogP contribution in [0.25, 0.3) is 0 Å². The van der Waals surface area contributed by atoms with Crippen molar-refractivity contribution in [3.63, 3.8) is 0 Å². The molecule has 25 heavy (non-hydrogen) atoms. The van der Waals surface area contributed by atoms with Gasteiger partial charge in [-0.2, -0.15) is 0 Å². The van der Waals surface area contributed by atoms with E-state index in [0.29, 0.717) is 13.2 Å². The van der Waals surface area contributed by atoms with Gasteiger partial charge in [0.2, 0.25) is 0 Å². The Morgan fingerprint density at radius 1 is 1.20 bits per heavy atom. The van der Waals surface area contributed by atoms with Crippen LogP contribution in [0.3, 0.4) is 0 Å². The van der Waals surface area contributed by atoms with Crippen LogP contribution in [0, 0.1) is 0 Å². The quantitative estimate of drug-likeness (QED) is 0.813. The maximum Gasteiger partial charge on any atom is 0.414 e. The van der Waals surface area contributed by atoms with Crippen LogP contribution in [0.4, 0.5) is 10.5 Å². The fourth-order valence-electron chi connectivity index (χ4n) is 2.95. The lowest BCUT2D eigenvalue weighted by molar-refractivity contribution is 0.181. The number of aliphatic hydroxyl groups is 1. The number of ether oxygens (including phenoxy) is 1. The highest BCUT2D eigenvalue weighted by molar-refractivity contribution is 5.89. The zero-order valence-electron chi connectivity index (χ0n) is 14.4. The summed E-state index contributed by atoms with van der Waals surface area (Å²) in [6.45, 7) is 4.11. The number of amides is 1. The maximum absolute atomic E-state index is 11.7. The summed E-state index contributed by atoms with van der Waals surface area (Å²) in [5.41, 5.74) is 4.20. The Balaban J connectivity index is 1.55. The highest BCUT2D eigenvalue weighted by Crippen LogP contribution is 2.23. The van der Waals surface area contributed by atoms with Gasteiger partial charge in [0.1, 0.15) is 6.61 Å². The topological polar surface area (TPSA) is 61.8 Å². The molecule has 5 nitrogen and oxygen atoms in total. The first-order valence-electron chi connectivity index (χ1n) is 8.63. The molecule has 1 atom stereocenters. The highest BCUT2D eigenvalue weighted by Gasteiger charge is 2.23. The molecule has 2 N–H and O–H groups in total. The minimum Gasteiger partial charge on any atom is -0.447 e. The Morgan fingerprint density at radius 3 is 2.64 bits per heavy atom. The monoisotopic (exact) mass is 340 g/mol. The maximum atomic E-state index is 11.7. The van der Waals surface area contributed by atoms with E-state index in [2.05, 4.69) is 30.4 Å².